The van der Waals surface area contributed by atoms with Gasteiger partial charge in [-0.15, -0.1) is 0 Å². The predicted molar refractivity (Wildman–Crippen MR) is 53.6 cm³/mol. The molecule has 0 amide bonds. The minimum absolute atomic E-state index is 0.0264. The molecule has 2 atom stereocenters. The van der Waals surface area contributed by atoms with Crippen molar-refractivity contribution in [2.24, 2.45) is 5.41 Å². The van der Waals surface area contributed by atoms with Crippen LogP contribution in [0.5, 0.6) is 0 Å². The molecule has 0 aromatic heterocycles. The van der Waals surface area contributed by atoms with E-state index in [4.69, 9.17) is 4.74 Å². The highest BCUT2D eigenvalue weighted by atomic mass is 16.6. The molecule has 1 aliphatic heterocycles. The number of esters is 1. The molecule has 1 saturated carbocycles. The molecule has 1 saturated heterocycles. The van der Waals surface area contributed by atoms with Crippen molar-refractivity contribution in [1.29, 1.82) is 0 Å². The highest BCUT2D eigenvalue weighted by Crippen LogP contribution is 2.50. The summed E-state index contributed by atoms with van der Waals surface area (Å²) in [5.74, 6) is -0.120. The molecule has 0 radical (unpaired) electrons. The first kappa shape index (κ1) is 9.56. The third kappa shape index (κ3) is 1.22. The van der Waals surface area contributed by atoms with Crippen molar-refractivity contribution in [2.45, 2.75) is 32.3 Å². The quantitative estimate of drug-likeness (QED) is 0.469. The molecule has 2 aliphatic rings. The number of nitrogens with zero attached hydrogens (tertiary/aromatic N) is 1. The fourth-order valence-corrected chi connectivity index (χ4v) is 2.52. The molecule has 0 spiro atoms. The zero-order valence-corrected chi connectivity index (χ0v) is 9.04. The van der Waals surface area contributed by atoms with Crippen LogP contribution in [0, 0.1) is 5.41 Å². The van der Waals surface area contributed by atoms with Gasteiger partial charge < -0.3 is 9.64 Å². The van der Waals surface area contributed by atoms with Crippen molar-refractivity contribution in [3.8, 4) is 0 Å². The van der Waals surface area contributed by atoms with Crippen LogP contribution in [0.15, 0.2) is 11.8 Å². The maximum absolute atomic E-state index is 11.6. The zero-order chi connectivity index (χ0) is 10.3. The smallest absolute Gasteiger partial charge is 0.336 e. The zero-order valence-electron chi connectivity index (χ0n) is 9.04. The average Bonchev–Trinajstić information content (AvgIpc) is 2.52. The third-order valence-electron chi connectivity index (χ3n) is 3.34. The third-order valence-corrected chi connectivity index (χ3v) is 3.34. The molecule has 78 valence electrons. The van der Waals surface area contributed by atoms with Gasteiger partial charge in [-0.25, -0.2) is 4.79 Å². The van der Waals surface area contributed by atoms with E-state index in [1.54, 1.807) is 0 Å². The van der Waals surface area contributed by atoms with Crippen LogP contribution >= 0.6 is 0 Å². The largest absolute Gasteiger partial charge is 0.458 e. The Bertz CT molecular complexity index is 296. The van der Waals surface area contributed by atoms with E-state index in [1.807, 2.05) is 25.2 Å². The Balaban J connectivity index is 2.35. The van der Waals surface area contributed by atoms with Gasteiger partial charge in [0.2, 0.25) is 0 Å². The van der Waals surface area contributed by atoms with Crippen LogP contribution < -0.4 is 0 Å². The molecule has 1 aliphatic carbocycles. The summed E-state index contributed by atoms with van der Waals surface area (Å²) < 4.78 is 5.37. The summed E-state index contributed by atoms with van der Waals surface area (Å²) in [6.07, 6.45) is 5.30. The van der Waals surface area contributed by atoms with Crippen LogP contribution in [-0.2, 0) is 9.53 Å². The average molecular weight is 195 g/mol. The Morgan fingerprint density at radius 3 is 2.93 bits per heavy atom. The number of hydrogen-bond acceptors (Lipinski definition) is 3. The van der Waals surface area contributed by atoms with Gasteiger partial charge in [0.15, 0.2) is 0 Å². The molecular weight excluding hydrogens is 178 g/mol. The van der Waals surface area contributed by atoms with Crippen LogP contribution in [0.25, 0.3) is 0 Å². The summed E-state index contributed by atoms with van der Waals surface area (Å²) in [6, 6.07) is 0. The highest BCUT2D eigenvalue weighted by Gasteiger charge is 2.52. The Morgan fingerprint density at radius 1 is 1.57 bits per heavy atom. The van der Waals surface area contributed by atoms with E-state index in [0.29, 0.717) is 0 Å². The lowest BCUT2D eigenvalue weighted by Crippen LogP contribution is -2.23. The van der Waals surface area contributed by atoms with Gasteiger partial charge in [-0.1, -0.05) is 6.92 Å². The van der Waals surface area contributed by atoms with E-state index in [-0.39, 0.29) is 17.5 Å². The second-order valence-corrected chi connectivity index (χ2v) is 4.71. The number of fused-ring (bicyclic) bond motifs is 1. The summed E-state index contributed by atoms with van der Waals surface area (Å²) >= 11 is 0. The predicted octanol–water partition coefficient (Wildman–Crippen LogP) is 1.55. The van der Waals surface area contributed by atoms with Crippen LogP contribution in [0.3, 0.4) is 0 Å². The van der Waals surface area contributed by atoms with Gasteiger partial charge in [0.25, 0.3) is 0 Å². The number of hydrogen-bond donors (Lipinski definition) is 0. The first-order chi connectivity index (χ1) is 6.54. The minimum Gasteiger partial charge on any atom is -0.458 e. The van der Waals surface area contributed by atoms with Crippen LogP contribution in [0.1, 0.15) is 26.2 Å². The Morgan fingerprint density at radius 2 is 2.29 bits per heavy atom. The lowest BCUT2D eigenvalue weighted by atomic mass is 9.81. The molecule has 0 N–H and O–H groups in total. The van der Waals surface area contributed by atoms with E-state index in [9.17, 15) is 4.79 Å². The summed E-state index contributed by atoms with van der Waals surface area (Å²) in [6.45, 7) is 2.14. The molecule has 2 rings (SSSR count). The summed E-state index contributed by atoms with van der Waals surface area (Å²) in [5, 5.41) is 0. The van der Waals surface area contributed by atoms with Crippen LogP contribution in [0.4, 0.5) is 0 Å². The van der Waals surface area contributed by atoms with Gasteiger partial charge in [-0.2, -0.15) is 0 Å². The molecule has 0 aromatic rings. The van der Waals surface area contributed by atoms with Gasteiger partial charge in [0, 0.05) is 25.7 Å². The van der Waals surface area contributed by atoms with E-state index in [0.717, 1.165) is 18.4 Å². The number of rotatable bonds is 1. The lowest BCUT2D eigenvalue weighted by Gasteiger charge is -2.22. The Labute approximate surface area is 84.7 Å². The fourth-order valence-electron chi connectivity index (χ4n) is 2.52. The fraction of sp³-hybridized carbons (Fsp3) is 0.727. The highest BCUT2D eigenvalue weighted by molar-refractivity contribution is 5.92. The standard InChI is InChI=1S/C11H17NO2/c1-11-6-4-5-9(11)14-10(13)8(11)7-12(2)3/h7,9H,4-6H2,1-3H3. The van der Waals surface area contributed by atoms with Crippen molar-refractivity contribution in [3.63, 3.8) is 0 Å². The van der Waals surface area contributed by atoms with E-state index < -0.39 is 0 Å². The molecular formula is C11H17NO2. The van der Waals surface area contributed by atoms with Crippen molar-refractivity contribution in [3.05, 3.63) is 11.8 Å². The molecule has 2 unspecified atom stereocenters. The maximum Gasteiger partial charge on any atom is 0.336 e. The van der Waals surface area contributed by atoms with Crippen LogP contribution in [0.2, 0.25) is 0 Å². The SMILES string of the molecule is CN(C)C=C1C(=O)OC2CCCC12C. The molecule has 0 bridgehead atoms. The number of carbonyl (C=O) groups excluding carboxylic acids is 1. The van der Waals surface area contributed by atoms with E-state index in [1.165, 1.54) is 6.42 Å². The van der Waals surface area contributed by atoms with Crippen molar-refractivity contribution in [1.82, 2.24) is 4.90 Å². The first-order valence-corrected chi connectivity index (χ1v) is 5.14. The van der Waals surface area contributed by atoms with Gasteiger partial charge in [-0.05, 0) is 19.3 Å². The Hall–Kier alpha value is -0.990. The summed E-state index contributed by atoms with van der Waals surface area (Å²) in [7, 11) is 3.87. The topological polar surface area (TPSA) is 29.5 Å². The molecule has 1 heterocycles. The first-order valence-electron chi connectivity index (χ1n) is 5.14. The lowest BCUT2D eigenvalue weighted by molar-refractivity contribution is -0.139. The summed E-state index contributed by atoms with van der Waals surface area (Å²) in [4.78, 5) is 13.5. The van der Waals surface area contributed by atoms with Crippen molar-refractivity contribution < 1.29 is 9.53 Å². The van der Waals surface area contributed by atoms with Gasteiger partial charge in [0.1, 0.15) is 6.10 Å². The van der Waals surface area contributed by atoms with Crippen molar-refractivity contribution in [2.75, 3.05) is 14.1 Å². The monoisotopic (exact) mass is 195 g/mol. The molecule has 3 nitrogen and oxygen atoms in total. The van der Waals surface area contributed by atoms with Crippen LogP contribution in [-0.4, -0.2) is 31.1 Å². The van der Waals surface area contributed by atoms with Gasteiger partial charge in [-0.3, -0.25) is 0 Å². The molecule has 0 aromatic carbocycles. The van der Waals surface area contributed by atoms with Crippen molar-refractivity contribution >= 4 is 5.97 Å². The molecule has 14 heavy (non-hydrogen) atoms. The molecule has 3 heteroatoms. The van der Waals surface area contributed by atoms with Gasteiger partial charge >= 0.3 is 5.97 Å². The molecule has 2 fully saturated rings. The van der Waals surface area contributed by atoms with E-state index in [2.05, 4.69) is 6.92 Å². The maximum atomic E-state index is 11.6. The summed E-state index contributed by atoms with van der Waals surface area (Å²) in [5.41, 5.74) is 0.825. The second kappa shape index (κ2) is 3.01. The minimum atomic E-state index is -0.120. The number of carbonyl (C=O) groups is 1. The van der Waals surface area contributed by atoms with Gasteiger partial charge in [0.05, 0.1) is 5.57 Å². The Kier molecular flexibility index (Phi) is 2.05. The van der Waals surface area contributed by atoms with E-state index >= 15 is 0 Å². The second-order valence-electron chi connectivity index (χ2n) is 4.71. The number of ether oxygens (including phenoxy) is 1. The normalized spacial score (nSPS) is 38.6.